The van der Waals surface area contributed by atoms with Gasteiger partial charge in [-0.1, -0.05) is 36.2 Å². The second kappa shape index (κ2) is 7.51. The van der Waals surface area contributed by atoms with Gasteiger partial charge in [0.15, 0.2) is 0 Å². The van der Waals surface area contributed by atoms with Gasteiger partial charge in [-0.15, -0.1) is 12.4 Å². The van der Waals surface area contributed by atoms with E-state index in [0.29, 0.717) is 23.0 Å². The molecular weight excluding hydrogens is 319 g/mol. The highest BCUT2D eigenvalue weighted by atomic mass is 35.5. The number of hydrogen-bond donors (Lipinski definition) is 1. The van der Waals surface area contributed by atoms with Crippen molar-refractivity contribution in [3.8, 4) is 0 Å². The Bertz CT molecular complexity index is 481. The molecule has 0 aromatic heterocycles. The molecule has 2 rings (SSSR count). The first-order valence-electron chi connectivity index (χ1n) is 6.45. The molecule has 1 saturated heterocycles. The molecule has 1 heterocycles. The van der Waals surface area contributed by atoms with Crippen LogP contribution in [0.25, 0.3) is 0 Å². The molecule has 1 aliphatic rings. The summed E-state index contributed by atoms with van der Waals surface area (Å²) in [6.45, 7) is 3.35. The number of hydrogen-bond acceptors (Lipinski definition) is 2. The average Bonchev–Trinajstić information content (AvgIpc) is 2.78. The van der Waals surface area contributed by atoms with Gasteiger partial charge in [0.2, 0.25) is 5.91 Å². The number of rotatable bonds is 3. The lowest BCUT2D eigenvalue weighted by Crippen LogP contribution is -2.36. The van der Waals surface area contributed by atoms with Crippen LogP contribution in [0.1, 0.15) is 18.9 Å². The largest absolute Gasteiger partial charge is 0.341 e. The van der Waals surface area contributed by atoms with Crippen molar-refractivity contribution in [3.63, 3.8) is 0 Å². The molecule has 2 atom stereocenters. The number of nitrogens with two attached hydrogens (primary N) is 1. The minimum Gasteiger partial charge on any atom is -0.341 e. The summed E-state index contributed by atoms with van der Waals surface area (Å²) in [4.78, 5) is 14.1. The smallest absolute Gasteiger partial charge is 0.225 e. The number of benzene rings is 1. The predicted molar refractivity (Wildman–Crippen MR) is 85.8 cm³/mol. The third kappa shape index (κ3) is 4.26. The van der Waals surface area contributed by atoms with Gasteiger partial charge in [-0.2, -0.15) is 0 Å². The fourth-order valence-electron chi connectivity index (χ4n) is 2.40. The minimum atomic E-state index is -0.0935. The fraction of sp³-hybridized carbons (Fsp3) is 0.500. The Kier molecular flexibility index (Phi) is 6.59. The SMILES string of the molecule is CC(Cc1ccc(Cl)cc1Cl)C(=O)N1CC[C@@H](N)C1.Cl. The number of carbonyl (C=O) groups is 1. The summed E-state index contributed by atoms with van der Waals surface area (Å²) in [6, 6.07) is 5.51. The first kappa shape index (κ1) is 17.6. The normalized spacial score (nSPS) is 19.6. The van der Waals surface area contributed by atoms with Crippen LogP contribution in [0.3, 0.4) is 0 Å². The molecule has 2 N–H and O–H groups in total. The maximum absolute atomic E-state index is 12.3. The van der Waals surface area contributed by atoms with Gasteiger partial charge >= 0.3 is 0 Å². The van der Waals surface area contributed by atoms with Crippen LogP contribution in [0.5, 0.6) is 0 Å². The molecule has 1 aliphatic heterocycles. The predicted octanol–water partition coefficient (Wildman–Crippen LogP) is 3.15. The zero-order valence-corrected chi connectivity index (χ0v) is 13.6. The van der Waals surface area contributed by atoms with Crippen LogP contribution in [0.15, 0.2) is 18.2 Å². The fourth-order valence-corrected chi connectivity index (χ4v) is 2.89. The molecule has 6 heteroatoms. The van der Waals surface area contributed by atoms with Crippen LogP contribution in [0, 0.1) is 5.92 Å². The van der Waals surface area contributed by atoms with Crippen LogP contribution in [0.4, 0.5) is 0 Å². The van der Waals surface area contributed by atoms with Crippen LogP contribution in [-0.4, -0.2) is 29.9 Å². The van der Waals surface area contributed by atoms with E-state index in [1.807, 2.05) is 17.9 Å². The molecule has 1 unspecified atom stereocenters. The average molecular weight is 338 g/mol. The van der Waals surface area contributed by atoms with Crippen LogP contribution in [0.2, 0.25) is 10.0 Å². The molecule has 3 nitrogen and oxygen atoms in total. The van der Waals surface area contributed by atoms with Crippen LogP contribution >= 0.6 is 35.6 Å². The van der Waals surface area contributed by atoms with E-state index in [-0.39, 0.29) is 30.3 Å². The Balaban J connectivity index is 0.00000200. The number of nitrogens with zero attached hydrogens (tertiary/aromatic N) is 1. The minimum absolute atomic E-state index is 0. The number of likely N-dealkylation sites (tertiary alicyclic amines) is 1. The molecule has 1 amide bonds. The zero-order valence-electron chi connectivity index (χ0n) is 11.3. The van der Waals surface area contributed by atoms with Gasteiger partial charge in [0.05, 0.1) is 0 Å². The Labute approximate surface area is 135 Å². The molecule has 1 fully saturated rings. The molecular formula is C14H19Cl3N2O. The Hall–Kier alpha value is -0.480. The summed E-state index contributed by atoms with van der Waals surface area (Å²) in [5.41, 5.74) is 6.78. The Morgan fingerprint density at radius 3 is 2.75 bits per heavy atom. The number of halogens is 3. The maximum Gasteiger partial charge on any atom is 0.225 e. The third-order valence-corrected chi connectivity index (χ3v) is 4.09. The van der Waals surface area contributed by atoms with E-state index in [1.54, 1.807) is 12.1 Å². The molecule has 0 bridgehead atoms. The van der Waals surface area contributed by atoms with Gasteiger partial charge in [0.25, 0.3) is 0 Å². The van der Waals surface area contributed by atoms with E-state index in [9.17, 15) is 4.79 Å². The standard InChI is InChI=1S/C14H18Cl2N2O.ClH/c1-9(14(19)18-5-4-12(17)8-18)6-10-2-3-11(15)7-13(10)16;/h2-3,7,9,12H,4-6,8,17H2,1H3;1H/t9?,12-;/m1./s1. The first-order valence-corrected chi connectivity index (χ1v) is 7.21. The molecule has 1 aromatic rings. The quantitative estimate of drug-likeness (QED) is 0.921. The van der Waals surface area contributed by atoms with Crippen molar-refractivity contribution in [1.82, 2.24) is 4.90 Å². The van der Waals surface area contributed by atoms with E-state index in [1.165, 1.54) is 0 Å². The van der Waals surface area contributed by atoms with Crippen LogP contribution < -0.4 is 5.73 Å². The summed E-state index contributed by atoms with van der Waals surface area (Å²) in [5, 5.41) is 1.23. The molecule has 0 saturated carbocycles. The maximum atomic E-state index is 12.3. The van der Waals surface area contributed by atoms with E-state index in [4.69, 9.17) is 28.9 Å². The van der Waals surface area contributed by atoms with Crippen molar-refractivity contribution < 1.29 is 4.79 Å². The second-order valence-corrected chi connectivity index (χ2v) is 6.02. The number of carbonyl (C=O) groups excluding carboxylic acids is 1. The summed E-state index contributed by atoms with van der Waals surface area (Å²) in [5.74, 6) is 0.0583. The van der Waals surface area contributed by atoms with Gasteiger partial charge in [0.1, 0.15) is 0 Å². The van der Waals surface area contributed by atoms with Crippen molar-refractivity contribution in [2.24, 2.45) is 11.7 Å². The second-order valence-electron chi connectivity index (χ2n) is 5.17. The summed E-state index contributed by atoms with van der Waals surface area (Å²) >= 11 is 12.0. The highest BCUT2D eigenvalue weighted by Gasteiger charge is 2.27. The first-order chi connectivity index (χ1) is 8.97. The Morgan fingerprint density at radius 2 is 2.20 bits per heavy atom. The zero-order chi connectivity index (χ0) is 14.0. The monoisotopic (exact) mass is 336 g/mol. The van der Waals surface area contributed by atoms with Crippen molar-refractivity contribution in [2.75, 3.05) is 13.1 Å². The van der Waals surface area contributed by atoms with Gasteiger partial charge in [-0.3, -0.25) is 4.79 Å². The van der Waals surface area contributed by atoms with Crippen LogP contribution in [-0.2, 0) is 11.2 Å². The third-order valence-electron chi connectivity index (χ3n) is 3.50. The van der Waals surface area contributed by atoms with Crippen molar-refractivity contribution in [3.05, 3.63) is 33.8 Å². The highest BCUT2D eigenvalue weighted by molar-refractivity contribution is 6.35. The molecule has 20 heavy (non-hydrogen) atoms. The van der Waals surface area contributed by atoms with Gasteiger partial charge in [-0.05, 0) is 30.5 Å². The van der Waals surface area contributed by atoms with Gasteiger partial charge in [-0.25, -0.2) is 0 Å². The lowest BCUT2D eigenvalue weighted by atomic mass is 10.00. The summed E-state index contributed by atoms with van der Waals surface area (Å²) in [6.07, 6.45) is 1.51. The summed E-state index contributed by atoms with van der Waals surface area (Å²) < 4.78 is 0. The van der Waals surface area contributed by atoms with E-state index in [2.05, 4.69) is 0 Å². The van der Waals surface area contributed by atoms with E-state index < -0.39 is 0 Å². The van der Waals surface area contributed by atoms with E-state index >= 15 is 0 Å². The van der Waals surface area contributed by atoms with Crippen molar-refractivity contribution in [2.45, 2.75) is 25.8 Å². The summed E-state index contributed by atoms with van der Waals surface area (Å²) in [7, 11) is 0. The topological polar surface area (TPSA) is 46.3 Å². The van der Waals surface area contributed by atoms with Crippen molar-refractivity contribution >= 4 is 41.5 Å². The Morgan fingerprint density at radius 1 is 1.50 bits per heavy atom. The molecule has 0 spiro atoms. The van der Waals surface area contributed by atoms with Gasteiger partial charge < -0.3 is 10.6 Å². The van der Waals surface area contributed by atoms with Gasteiger partial charge in [0, 0.05) is 35.1 Å². The highest BCUT2D eigenvalue weighted by Crippen LogP contribution is 2.24. The number of amides is 1. The lowest BCUT2D eigenvalue weighted by Gasteiger charge is -2.21. The molecule has 0 radical (unpaired) electrons. The van der Waals surface area contributed by atoms with E-state index in [0.717, 1.165) is 18.5 Å². The molecule has 112 valence electrons. The molecule has 1 aromatic carbocycles. The molecule has 0 aliphatic carbocycles. The van der Waals surface area contributed by atoms with Crippen molar-refractivity contribution in [1.29, 1.82) is 0 Å². The lowest BCUT2D eigenvalue weighted by molar-refractivity contribution is -0.133.